The van der Waals surface area contributed by atoms with Crippen molar-refractivity contribution in [3.63, 3.8) is 0 Å². The van der Waals surface area contributed by atoms with Crippen molar-refractivity contribution in [1.29, 1.82) is 0 Å². The Morgan fingerprint density at radius 3 is 2.53 bits per heavy atom. The maximum absolute atomic E-state index is 3.45. The maximum Gasteiger partial charge on any atom is 0.00719 e. The Balaban J connectivity index is 2.52. The molecule has 1 saturated carbocycles. The summed E-state index contributed by atoms with van der Waals surface area (Å²) in [6.45, 7) is 7.23. The van der Waals surface area contributed by atoms with Crippen LogP contribution in [0, 0.1) is 11.3 Å². The highest BCUT2D eigenvalue weighted by Gasteiger charge is 2.35. The highest BCUT2D eigenvalue weighted by molar-refractivity contribution is 7.98. The molecule has 0 aromatic rings. The van der Waals surface area contributed by atoms with Crippen molar-refractivity contribution < 1.29 is 0 Å². The molecule has 114 valence electrons. The Morgan fingerprint density at radius 1 is 1.37 bits per heavy atom. The Hall–Kier alpha value is 0.270. The van der Waals surface area contributed by atoms with E-state index < -0.39 is 0 Å². The van der Waals surface area contributed by atoms with Gasteiger partial charge in [0.2, 0.25) is 0 Å². The molecule has 1 aliphatic rings. The van der Waals surface area contributed by atoms with E-state index >= 15 is 0 Å². The number of hydrogen-bond donors (Lipinski definition) is 1. The number of rotatable bonds is 8. The Morgan fingerprint density at radius 2 is 2.00 bits per heavy atom. The molecular weight excluding hydrogens is 252 g/mol. The molecule has 0 aliphatic heterocycles. The molecule has 1 aliphatic carbocycles. The summed E-state index contributed by atoms with van der Waals surface area (Å²) in [4.78, 5) is 2.60. The molecule has 0 bridgehead atoms. The lowest BCUT2D eigenvalue weighted by Crippen LogP contribution is -2.46. The average Bonchev–Trinajstić information content (AvgIpc) is 2.39. The van der Waals surface area contributed by atoms with Gasteiger partial charge in [-0.3, -0.25) is 0 Å². The fourth-order valence-corrected chi connectivity index (χ4v) is 3.91. The highest BCUT2D eigenvalue weighted by Crippen LogP contribution is 2.39. The first-order valence-electron chi connectivity index (χ1n) is 7.87. The SMILES string of the molecule is CNCC1(CN(C)C(C)CCSC)CCC(C)CC1. The van der Waals surface area contributed by atoms with Gasteiger partial charge in [0.05, 0.1) is 0 Å². The van der Waals surface area contributed by atoms with Crippen LogP contribution < -0.4 is 5.32 Å². The van der Waals surface area contributed by atoms with Crippen LogP contribution in [0.5, 0.6) is 0 Å². The first kappa shape index (κ1) is 17.3. The normalized spacial score (nSPS) is 29.7. The third-order valence-corrected chi connectivity index (χ3v) is 5.61. The molecule has 1 N–H and O–H groups in total. The lowest BCUT2D eigenvalue weighted by Gasteiger charge is -2.43. The van der Waals surface area contributed by atoms with Gasteiger partial charge >= 0.3 is 0 Å². The zero-order valence-electron chi connectivity index (χ0n) is 13.7. The molecule has 3 heteroatoms. The van der Waals surface area contributed by atoms with Crippen molar-refractivity contribution in [1.82, 2.24) is 10.2 Å². The second kappa shape index (κ2) is 8.53. The zero-order chi connectivity index (χ0) is 14.3. The van der Waals surface area contributed by atoms with Crippen LogP contribution in [0.4, 0.5) is 0 Å². The monoisotopic (exact) mass is 286 g/mol. The third kappa shape index (κ3) is 5.65. The van der Waals surface area contributed by atoms with Crippen LogP contribution in [0.25, 0.3) is 0 Å². The number of nitrogens with one attached hydrogen (secondary N) is 1. The van der Waals surface area contributed by atoms with Gasteiger partial charge in [0.25, 0.3) is 0 Å². The summed E-state index contributed by atoms with van der Waals surface area (Å²) in [5, 5.41) is 3.45. The zero-order valence-corrected chi connectivity index (χ0v) is 14.5. The molecule has 0 aromatic carbocycles. The van der Waals surface area contributed by atoms with Crippen molar-refractivity contribution in [2.24, 2.45) is 11.3 Å². The second-order valence-electron chi connectivity index (χ2n) is 6.76. The molecule has 1 rings (SSSR count). The van der Waals surface area contributed by atoms with Crippen molar-refractivity contribution in [3.05, 3.63) is 0 Å². The van der Waals surface area contributed by atoms with Crippen molar-refractivity contribution in [2.75, 3.05) is 39.2 Å². The number of hydrogen-bond acceptors (Lipinski definition) is 3. The first-order valence-corrected chi connectivity index (χ1v) is 9.26. The summed E-state index contributed by atoms with van der Waals surface area (Å²) in [5.74, 6) is 2.21. The second-order valence-corrected chi connectivity index (χ2v) is 7.74. The third-order valence-electron chi connectivity index (χ3n) is 4.96. The van der Waals surface area contributed by atoms with Crippen LogP contribution in [0.3, 0.4) is 0 Å². The van der Waals surface area contributed by atoms with Gasteiger partial charge in [0.15, 0.2) is 0 Å². The molecule has 0 saturated heterocycles. The minimum absolute atomic E-state index is 0.517. The lowest BCUT2D eigenvalue weighted by molar-refractivity contribution is 0.0832. The molecule has 0 amide bonds. The van der Waals surface area contributed by atoms with Gasteiger partial charge in [0.1, 0.15) is 0 Å². The van der Waals surface area contributed by atoms with Gasteiger partial charge < -0.3 is 10.2 Å². The van der Waals surface area contributed by atoms with Gasteiger partial charge in [-0.25, -0.2) is 0 Å². The minimum atomic E-state index is 0.517. The van der Waals surface area contributed by atoms with Gasteiger partial charge in [-0.2, -0.15) is 11.8 Å². The summed E-state index contributed by atoms with van der Waals surface area (Å²) in [6.07, 6.45) is 9.13. The smallest absolute Gasteiger partial charge is 0.00719 e. The standard InChI is InChI=1S/C16H34N2S/c1-14-6-9-16(10-7-14,12-17-3)13-18(4)15(2)8-11-19-5/h14-15,17H,6-13H2,1-5H3. The van der Waals surface area contributed by atoms with E-state index in [0.717, 1.165) is 5.92 Å². The molecule has 0 spiro atoms. The Kier molecular flexibility index (Phi) is 7.78. The summed E-state index contributed by atoms with van der Waals surface area (Å²) < 4.78 is 0. The van der Waals surface area contributed by atoms with E-state index in [1.807, 2.05) is 11.8 Å². The number of thioether (sulfide) groups is 1. The predicted molar refractivity (Wildman–Crippen MR) is 89.1 cm³/mol. The van der Waals surface area contributed by atoms with Crippen LogP contribution in [0.15, 0.2) is 0 Å². The summed E-state index contributed by atoms with van der Waals surface area (Å²) in [5.41, 5.74) is 0.517. The van der Waals surface area contributed by atoms with E-state index in [-0.39, 0.29) is 0 Å². The fourth-order valence-electron chi connectivity index (χ4n) is 3.33. The first-order chi connectivity index (χ1) is 9.03. The van der Waals surface area contributed by atoms with Crippen molar-refractivity contribution >= 4 is 11.8 Å². The largest absolute Gasteiger partial charge is 0.319 e. The minimum Gasteiger partial charge on any atom is -0.319 e. The molecule has 1 atom stereocenters. The quantitative estimate of drug-likeness (QED) is 0.735. The molecule has 0 aromatic heterocycles. The molecule has 1 fully saturated rings. The van der Waals surface area contributed by atoms with Crippen LogP contribution in [0.1, 0.15) is 46.0 Å². The average molecular weight is 287 g/mol. The molecule has 2 nitrogen and oxygen atoms in total. The summed E-state index contributed by atoms with van der Waals surface area (Å²) in [7, 11) is 4.43. The van der Waals surface area contributed by atoms with E-state index in [0.29, 0.717) is 11.5 Å². The van der Waals surface area contributed by atoms with E-state index in [9.17, 15) is 0 Å². The van der Waals surface area contributed by atoms with Crippen LogP contribution >= 0.6 is 11.8 Å². The fraction of sp³-hybridized carbons (Fsp3) is 1.00. The van der Waals surface area contributed by atoms with E-state index in [2.05, 4.69) is 44.4 Å². The molecular formula is C16H34N2S. The van der Waals surface area contributed by atoms with Crippen LogP contribution in [-0.2, 0) is 0 Å². The topological polar surface area (TPSA) is 15.3 Å². The summed E-state index contributed by atoms with van der Waals surface area (Å²) in [6, 6.07) is 0.709. The Bertz CT molecular complexity index is 237. The van der Waals surface area contributed by atoms with Crippen LogP contribution in [-0.4, -0.2) is 50.1 Å². The van der Waals surface area contributed by atoms with Gasteiger partial charge in [-0.15, -0.1) is 0 Å². The number of nitrogens with zero attached hydrogens (tertiary/aromatic N) is 1. The molecule has 19 heavy (non-hydrogen) atoms. The summed E-state index contributed by atoms with van der Waals surface area (Å²) >= 11 is 1.96. The van der Waals surface area contributed by atoms with E-state index in [4.69, 9.17) is 0 Å². The lowest BCUT2D eigenvalue weighted by atomic mass is 9.70. The highest BCUT2D eigenvalue weighted by atomic mass is 32.2. The molecule has 0 radical (unpaired) electrons. The van der Waals surface area contributed by atoms with Crippen molar-refractivity contribution in [2.45, 2.75) is 52.0 Å². The van der Waals surface area contributed by atoms with Gasteiger partial charge in [0, 0.05) is 19.1 Å². The van der Waals surface area contributed by atoms with Gasteiger partial charge in [-0.1, -0.05) is 19.8 Å². The predicted octanol–water partition coefficient (Wildman–Crippen LogP) is 3.48. The van der Waals surface area contributed by atoms with E-state index in [1.165, 1.54) is 50.9 Å². The molecule has 0 heterocycles. The Labute approximate surface area is 125 Å². The van der Waals surface area contributed by atoms with Gasteiger partial charge in [-0.05, 0) is 63.6 Å². The maximum atomic E-state index is 3.45. The molecule has 1 unspecified atom stereocenters. The van der Waals surface area contributed by atoms with Crippen LogP contribution in [0.2, 0.25) is 0 Å². The van der Waals surface area contributed by atoms with Crippen molar-refractivity contribution in [3.8, 4) is 0 Å². The van der Waals surface area contributed by atoms with E-state index in [1.54, 1.807) is 0 Å².